The van der Waals surface area contributed by atoms with E-state index in [4.69, 9.17) is 17.3 Å². The summed E-state index contributed by atoms with van der Waals surface area (Å²) in [6.45, 7) is 2.35. The largest absolute Gasteiger partial charge is 0.399 e. The van der Waals surface area contributed by atoms with Crippen LogP contribution in [0.25, 0.3) is 16.6 Å². The topological polar surface area (TPSA) is 168 Å². The van der Waals surface area contributed by atoms with Gasteiger partial charge >= 0.3 is 11.7 Å². The van der Waals surface area contributed by atoms with Crippen LogP contribution in [-0.4, -0.2) is 31.3 Å². The number of aromatic amines is 1. The van der Waals surface area contributed by atoms with Gasteiger partial charge in [0.25, 0.3) is 15.6 Å². The van der Waals surface area contributed by atoms with E-state index < -0.39 is 27.3 Å². The van der Waals surface area contributed by atoms with Crippen LogP contribution in [0.3, 0.4) is 0 Å². The molecule has 0 saturated carbocycles. The van der Waals surface area contributed by atoms with E-state index in [2.05, 4.69) is 15.6 Å². The second kappa shape index (κ2) is 11.8. The number of H-pyrrole nitrogens is 1. The Hall–Kier alpha value is -4.53. The lowest BCUT2D eigenvalue weighted by atomic mass is 9.72. The average molecular weight is 623 g/mol. The van der Waals surface area contributed by atoms with Gasteiger partial charge < -0.3 is 21.4 Å². The van der Waals surface area contributed by atoms with E-state index in [-0.39, 0.29) is 14.2 Å². The van der Waals surface area contributed by atoms with Crippen LogP contribution in [0.1, 0.15) is 5.56 Å². The van der Waals surface area contributed by atoms with Crippen molar-refractivity contribution in [2.24, 2.45) is 0 Å². The normalized spacial score (nSPS) is 11.3. The number of carbonyl (C=O) groups is 1. The highest BCUT2D eigenvalue weighted by molar-refractivity contribution is 7.92. The standard InChI is InChI=1S/C27H24BClN6O5S2/c1-28-20-12-18(32-26(37)34-42(39,40)24-11-10-23(29)41-24)7-9-22(20)35-25(36)19-8-6-17(13-21(19)33-27(35)38)31-14-15-2-4-16(30)5-3-15/h2-13,28,31H,14,30H2,1H3,(H,33,38)(H2,32,34,37). The number of hydrogen-bond acceptors (Lipinski definition) is 8. The zero-order valence-corrected chi connectivity index (χ0v) is 24.5. The molecule has 0 fully saturated rings. The first-order valence-corrected chi connectivity index (χ1v) is 15.3. The number of sulfonamides is 1. The summed E-state index contributed by atoms with van der Waals surface area (Å²) in [7, 11) is -3.70. The summed E-state index contributed by atoms with van der Waals surface area (Å²) in [6.07, 6.45) is 0. The number of nitrogens with zero attached hydrogens (tertiary/aromatic N) is 1. The van der Waals surface area contributed by atoms with Gasteiger partial charge in [0.15, 0.2) is 7.28 Å². The molecule has 0 unspecified atom stereocenters. The molecule has 3 aromatic carbocycles. The van der Waals surface area contributed by atoms with Crippen LogP contribution in [0.15, 0.2) is 86.6 Å². The number of nitrogens with two attached hydrogens (primary N) is 1. The maximum atomic E-state index is 13.5. The number of halogens is 1. The van der Waals surface area contributed by atoms with Gasteiger partial charge in [-0.15, -0.1) is 11.3 Å². The van der Waals surface area contributed by atoms with Gasteiger partial charge in [-0.25, -0.2) is 27.3 Å². The molecular weight excluding hydrogens is 599 g/mol. The third-order valence-corrected chi connectivity index (χ3v) is 9.43. The molecule has 214 valence electrons. The van der Waals surface area contributed by atoms with E-state index in [9.17, 15) is 22.8 Å². The lowest BCUT2D eigenvalue weighted by Gasteiger charge is -2.14. The Morgan fingerprint density at radius 2 is 1.76 bits per heavy atom. The number of nitrogens with one attached hydrogen (secondary N) is 4. The van der Waals surface area contributed by atoms with Crippen molar-refractivity contribution in [1.82, 2.24) is 14.3 Å². The summed E-state index contributed by atoms with van der Waals surface area (Å²) in [4.78, 5) is 41.8. The smallest absolute Gasteiger partial charge is 0.333 e. The molecule has 11 nitrogen and oxygen atoms in total. The van der Waals surface area contributed by atoms with Crippen molar-refractivity contribution in [2.45, 2.75) is 17.6 Å². The molecule has 0 aliphatic carbocycles. The van der Waals surface area contributed by atoms with Crippen LogP contribution in [0, 0.1) is 0 Å². The van der Waals surface area contributed by atoms with Gasteiger partial charge in [0.05, 0.1) is 15.2 Å². The molecule has 5 aromatic rings. The first-order chi connectivity index (χ1) is 20.0. The fourth-order valence-corrected chi connectivity index (χ4v) is 6.71. The summed E-state index contributed by atoms with van der Waals surface area (Å²) in [5.74, 6) is 0. The first-order valence-electron chi connectivity index (χ1n) is 12.6. The van der Waals surface area contributed by atoms with Crippen molar-refractivity contribution in [1.29, 1.82) is 0 Å². The number of fused-ring (bicyclic) bond motifs is 1. The second-order valence-corrected chi connectivity index (χ2v) is 12.9. The number of nitrogen functional groups attached to an aromatic ring is 1. The predicted octanol–water partition coefficient (Wildman–Crippen LogP) is 3.21. The highest BCUT2D eigenvalue weighted by Gasteiger charge is 2.20. The number of amides is 2. The van der Waals surface area contributed by atoms with Crippen molar-refractivity contribution in [3.63, 3.8) is 0 Å². The number of urea groups is 1. The zero-order chi connectivity index (χ0) is 30.0. The molecule has 0 radical (unpaired) electrons. The van der Waals surface area contributed by atoms with Crippen molar-refractivity contribution in [3.8, 4) is 5.69 Å². The number of hydrogen-bond donors (Lipinski definition) is 5. The number of carbonyl (C=O) groups excluding carboxylic acids is 1. The lowest BCUT2D eigenvalue weighted by molar-refractivity contribution is 0.256. The minimum Gasteiger partial charge on any atom is -0.399 e. The molecule has 15 heteroatoms. The van der Waals surface area contributed by atoms with Crippen LogP contribution in [0.5, 0.6) is 0 Å². The van der Waals surface area contributed by atoms with Crippen molar-refractivity contribution in [2.75, 3.05) is 16.4 Å². The average Bonchev–Trinajstić information content (AvgIpc) is 3.40. The highest BCUT2D eigenvalue weighted by Crippen LogP contribution is 2.25. The van der Waals surface area contributed by atoms with Crippen molar-refractivity contribution < 1.29 is 13.2 Å². The quantitative estimate of drug-likeness (QED) is 0.131. The number of benzene rings is 3. The predicted molar refractivity (Wildman–Crippen MR) is 170 cm³/mol. The van der Waals surface area contributed by atoms with Crippen LogP contribution in [0.4, 0.5) is 21.9 Å². The molecule has 0 bridgehead atoms. The van der Waals surface area contributed by atoms with E-state index in [1.807, 2.05) is 35.8 Å². The molecule has 0 spiro atoms. The van der Waals surface area contributed by atoms with Gasteiger partial charge in [-0.1, -0.05) is 36.0 Å². The Kier molecular flexibility index (Phi) is 8.12. The van der Waals surface area contributed by atoms with E-state index in [0.717, 1.165) is 27.2 Å². The second-order valence-electron chi connectivity index (χ2n) is 9.24. The summed E-state index contributed by atoms with van der Waals surface area (Å²) in [6, 6.07) is 18.8. The van der Waals surface area contributed by atoms with Gasteiger partial charge in [-0.2, -0.15) is 0 Å². The van der Waals surface area contributed by atoms with Crippen molar-refractivity contribution >= 4 is 79.7 Å². The zero-order valence-electron chi connectivity index (χ0n) is 22.1. The maximum absolute atomic E-state index is 13.5. The fraction of sp³-hybridized carbons (Fsp3) is 0.0741. The third-order valence-electron chi connectivity index (χ3n) is 6.37. The number of rotatable bonds is 8. The molecular formula is C27H24BClN6O5S2. The Morgan fingerprint density at radius 1 is 1.02 bits per heavy atom. The van der Waals surface area contributed by atoms with Gasteiger partial charge in [0.2, 0.25) is 0 Å². The van der Waals surface area contributed by atoms with E-state index in [0.29, 0.717) is 41.6 Å². The summed E-state index contributed by atoms with van der Waals surface area (Å²) < 4.78 is 28.0. The van der Waals surface area contributed by atoms with E-state index >= 15 is 0 Å². The summed E-state index contributed by atoms with van der Waals surface area (Å²) in [5.41, 5.74) is 8.58. The minimum atomic E-state index is -4.11. The lowest BCUT2D eigenvalue weighted by Crippen LogP contribution is -2.38. The Labute approximate surface area is 249 Å². The highest BCUT2D eigenvalue weighted by atomic mass is 35.5. The SMILES string of the molecule is CBc1cc(NC(=O)NS(=O)(=O)c2ccc(Cl)s2)ccc1-n1c(=O)[nH]c2cc(NCc3ccc(N)cc3)ccc2c1=O. The Morgan fingerprint density at radius 3 is 2.45 bits per heavy atom. The number of thiophene rings is 1. The molecule has 2 heterocycles. The van der Waals surface area contributed by atoms with Gasteiger partial charge in [0, 0.05) is 29.3 Å². The van der Waals surface area contributed by atoms with Crippen LogP contribution < -0.4 is 37.8 Å². The van der Waals surface area contributed by atoms with E-state index in [1.54, 1.807) is 24.3 Å². The molecule has 42 heavy (non-hydrogen) atoms. The van der Waals surface area contributed by atoms with Crippen molar-refractivity contribution in [3.05, 3.63) is 104 Å². The monoisotopic (exact) mass is 622 g/mol. The fourth-order valence-electron chi connectivity index (χ4n) is 4.32. The van der Waals surface area contributed by atoms with Gasteiger partial charge in [-0.3, -0.25) is 4.79 Å². The third kappa shape index (κ3) is 6.20. The minimum absolute atomic E-state index is 0.105. The van der Waals surface area contributed by atoms with Crippen LogP contribution >= 0.6 is 22.9 Å². The Bertz CT molecular complexity index is 2040. The maximum Gasteiger partial charge on any atom is 0.333 e. The molecule has 0 atom stereocenters. The first kappa shape index (κ1) is 29.0. The molecule has 5 rings (SSSR count). The van der Waals surface area contributed by atoms with E-state index in [1.165, 1.54) is 24.3 Å². The van der Waals surface area contributed by atoms with Gasteiger partial charge in [0.1, 0.15) is 4.21 Å². The summed E-state index contributed by atoms with van der Waals surface area (Å²) >= 11 is 6.62. The number of aromatic nitrogens is 2. The molecule has 0 saturated heterocycles. The number of anilines is 3. The van der Waals surface area contributed by atoms with Crippen LogP contribution in [-0.2, 0) is 16.6 Å². The van der Waals surface area contributed by atoms with Crippen LogP contribution in [0.2, 0.25) is 11.2 Å². The molecule has 0 aliphatic heterocycles. The molecule has 2 amide bonds. The molecule has 0 aliphatic rings. The summed E-state index contributed by atoms with van der Waals surface area (Å²) in [5, 5.41) is 6.06. The van der Waals surface area contributed by atoms with Gasteiger partial charge in [-0.05, 0) is 66.2 Å². The molecule has 2 aromatic heterocycles. The molecule has 6 N–H and O–H groups in total. The Balaban J connectivity index is 1.38.